The normalized spacial score (nSPS) is 20.6. The smallest absolute Gasteiger partial charge is 0.0950 e. The van der Waals surface area contributed by atoms with Crippen LogP contribution in [0.3, 0.4) is 0 Å². The molecule has 2 unspecified atom stereocenters. The van der Waals surface area contributed by atoms with Crippen molar-refractivity contribution in [3.05, 3.63) is 46.0 Å². The molecule has 0 radical (unpaired) electrons. The first-order chi connectivity index (χ1) is 8.90. The Morgan fingerprint density at radius 3 is 3.22 bits per heavy atom. The lowest BCUT2D eigenvalue weighted by molar-refractivity contribution is 0.408. The van der Waals surface area contributed by atoms with Crippen LogP contribution in [-0.4, -0.2) is 6.54 Å². The molecule has 2 heterocycles. The number of fused-ring (bicyclic) bond motifs is 1. The predicted molar refractivity (Wildman–Crippen MR) is 75.1 cm³/mol. The van der Waals surface area contributed by atoms with E-state index in [0.29, 0.717) is 12.0 Å². The lowest BCUT2D eigenvalue weighted by Gasteiger charge is -2.30. The second-order valence-electron chi connectivity index (χ2n) is 4.89. The van der Waals surface area contributed by atoms with E-state index in [-0.39, 0.29) is 0 Å². The molecular formula is C15H19NOS. The van der Waals surface area contributed by atoms with Crippen LogP contribution in [0.1, 0.15) is 47.7 Å². The second kappa shape index (κ2) is 5.29. The van der Waals surface area contributed by atoms with Gasteiger partial charge < -0.3 is 9.73 Å². The predicted octanol–water partition coefficient (Wildman–Crippen LogP) is 4.11. The summed E-state index contributed by atoms with van der Waals surface area (Å²) in [7, 11) is 0. The number of furan rings is 1. The Morgan fingerprint density at radius 2 is 2.44 bits per heavy atom. The van der Waals surface area contributed by atoms with Crippen LogP contribution in [0.2, 0.25) is 0 Å². The van der Waals surface area contributed by atoms with Crippen molar-refractivity contribution in [3.63, 3.8) is 0 Å². The summed E-state index contributed by atoms with van der Waals surface area (Å²) in [5, 5.41) is 5.87. The molecule has 2 atom stereocenters. The summed E-state index contributed by atoms with van der Waals surface area (Å²) in [5.74, 6) is 0.595. The Bertz CT molecular complexity index is 488. The summed E-state index contributed by atoms with van der Waals surface area (Å²) in [4.78, 5) is 1.58. The van der Waals surface area contributed by atoms with Gasteiger partial charge in [0, 0.05) is 22.4 Å². The van der Waals surface area contributed by atoms with E-state index in [1.807, 2.05) is 17.6 Å². The first-order valence-electron chi connectivity index (χ1n) is 6.72. The van der Waals surface area contributed by atoms with Crippen molar-refractivity contribution >= 4 is 11.3 Å². The van der Waals surface area contributed by atoms with Gasteiger partial charge in [-0.3, -0.25) is 0 Å². The topological polar surface area (TPSA) is 25.2 Å². The van der Waals surface area contributed by atoms with Crippen molar-refractivity contribution in [1.29, 1.82) is 0 Å². The van der Waals surface area contributed by atoms with Crippen molar-refractivity contribution in [2.45, 2.75) is 38.1 Å². The Labute approximate surface area is 112 Å². The molecule has 1 aliphatic rings. The van der Waals surface area contributed by atoms with E-state index in [1.165, 1.54) is 24.8 Å². The molecule has 2 aromatic heterocycles. The van der Waals surface area contributed by atoms with Crippen molar-refractivity contribution in [1.82, 2.24) is 5.32 Å². The highest BCUT2D eigenvalue weighted by molar-refractivity contribution is 7.10. The zero-order valence-electron chi connectivity index (χ0n) is 10.7. The van der Waals surface area contributed by atoms with Crippen LogP contribution in [-0.2, 0) is 6.42 Å². The largest absolute Gasteiger partial charge is 0.472 e. The summed E-state index contributed by atoms with van der Waals surface area (Å²) in [5.41, 5.74) is 2.83. The zero-order chi connectivity index (χ0) is 12.4. The molecular weight excluding hydrogens is 242 g/mol. The Hall–Kier alpha value is -1.06. The highest BCUT2D eigenvalue weighted by Gasteiger charge is 2.29. The van der Waals surface area contributed by atoms with Crippen LogP contribution < -0.4 is 5.32 Å². The number of nitrogens with one attached hydrogen (secondary N) is 1. The molecule has 2 aromatic rings. The van der Waals surface area contributed by atoms with Gasteiger partial charge in [0.05, 0.1) is 12.5 Å². The number of hydrogen-bond acceptors (Lipinski definition) is 3. The lowest BCUT2D eigenvalue weighted by Crippen LogP contribution is -2.28. The van der Waals surface area contributed by atoms with Crippen molar-refractivity contribution in [3.8, 4) is 0 Å². The average Bonchev–Trinajstić information content (AvgIpc) is 3.06. The standard InChI is InChI=1S/C15H19NOS/c1-2-16-15(11-6-8-17-10-11)13-4-3-5-14-12(13)7-9-18-14/h6-10,13,15-16H,2-5H2,1H3. The first-order valence-corrected chi connectivity index (χ1v) is 7.60. The Balaban J connectivity index is 1.93. The average molecular weight is 261 g/mol. The summed E-state index contributed by atoms with van der Waals surface area (Å²) in [6, 6.07) is 4.80. The van der Waals surface area contributed by atoms with E-state index in [2.05, 4.69) is 29.8 Å². The van der Waals surface area contributed by atoms with Crippen molar-refractivity contribution < 1.29 is 4.42 Å². The Morgan fingerprint density at radius 1 is 1.50 bits per heavy atom. The van der Waals surface area contributed by atoms with Gasteiger partial charge in [-0.05, 0) is 48.9 Å². The molecule has 0 spiro atoms. The number of hydrogen-bond donors (Lipinski definition) is 1. The van der Waals surface area contributed by atoms with Gasteiger partial charge in [-0.1, -0.05) is 6.92 Å². The first kappa shape index (κ1) is 12.0. The van der Waals surface area contributed by atoms with Gasteiger partial charge in [0.2, 0.25) is 0 Å². The minimum atomic E-state index is 0.391. The quantitative estimate of drug-likeness (QED) is 0.896. The summed E-state index contributed by atoms with van der Waals surface area (Å²) >= 11 is 1.91. The van der Waals surface area contributed by atoms with Crippen molar-refractivity contribution in [2.75, 3.05) is 6.54 Å². The van der Waals surface area contributed by atoms with Crippen molar-refractivity contribution in [2.24, 2.45) is 0 Å². The molecule has 0 amide bonds. The van der Waals surface area contributed by atoms with Crippen LogP contribution in [0.15, 0.2) is 34.5 Å². The number of likely N-dealkylation sites (N-methyl/N-ethyl adjacent to an activating group) is 1. The fraction of sp³-hybridized carbons (Fsp3) is 0.467. The van der Waals surface area contributed by atoms with Gasteiger partial charge in [0.1, 0.15) is 0 Å². The van der Waals surface area contributed by atoms with Crippen LogP contribution in [0, 0.1) is 0 Å². The molecule has 0 aromatic carbocycles. The molecule has 18 heavy (non-hydrogen) atoms. The fourth-order valence-electron chi connectivity index (χ4n) is 3.03. The van der Waals surface area contributed by atoms with Gasteiger partial charge in [0.25, 0.3) is 0 Å². The summed E-state index contributed by atoms with van der Waals surface area (Å²) in [6.45, 7) is 3.16. The third-order valence-electron chi connectivity index (χ3n) is 3.83. The molecule has 96 valence electrons. The molecule has 2 nitrogen and oxygen atoms in total. The van der Waals surface area contributed by atoms with E-state index in [9.17, 15) is 0 Å². The molecule has 3 heteroatoms. The van der Waals surface area contributed by atoms with Gasteiger partial charge in [-0.2, -0.15) is 0 Å². The third-order valence-corrected chi connectivity index (χ3v) is 4.82. The van der Waals surface area contributed by atoms with Crippen LogP contribution in [0.5, 0.6) is 0 Å². The Kier molecular flexibility index (Phi) is 3.52. The van der Waals surface area contributed by atoms with E-state index in [1.54, 1.807) is 16.7 Å². The third kappa shape index (κ3) is 2.13. The SMILES string of the molecule is CCNC(c1ccoc1)C1CCCc2sccc21. The van der Waals surface area contributed by atoms with E-state index in [4.69, 9.17) is 4.42 Å². The highest BCUT2D eigenvalue weighted by atomic mass is 32.1. The molecule has 1 N–H and O–H groups in total. The van der Waals surface area contributed by atoms with Gasteiger partial charge >= 0.3 is 0 Å². The number of thiophene rings is 1. The highest BCUT2D eigenvalue weighted by Crippen LogP contribution is 2.42. The van der Waals surface area contributed by atoms with E-state index < -0.39 is 0 Å². The molecule has 1 aliphatic carbocycles. The van der Waals surface area contributed by atoms with Crippen LogP contribution >= 0.6 is 11.3 Å². The maximum atomic E-state index is 5.26. The van der Waals surface area contributed by atoms with E-state index in [0.717, 1.165) is 6.54 Å². The van der Waals surface area contributed by atoms with Gasteiger partial charge in [0.15, 0.2) is 0 Å². The zero-order valence-corrected chi connectivity index (χ0v) is 11.5. The minimum Gasteiger partial charge on any atom is -0.472 e. The molecule has 0 aliphatic heterocycles. The second-order valence-corrected chi connectivity index (χ2v) is 5.89. The monoisotopic (exact) mass is 261 g/mol. The maximum absolute atomic E-state index is 5.26. The van der Waals surface area contributed by atoms with Crippen LogP contribution in [0.4, 0.5) is 0 Å². The number of aryl methyl sites for hydroxylation is 1. The molecule has 0 bridgehead atoms. The van der Waals surface area contributed by atoms with Gasteiger partial charge in [-0.15, -0.1) is 11.3 Å². The summed E-state index contributed by atoms with van der Waals surface area (Å²) < 4.78 is 5.26. The number of rotatable bonds is 4. The minimum absolute atomic E-state index is 0.391. The molecule has 0 fully saturated rings. The molecule has 0 saturated heterocycles. The molecule has 0 saturated carbocycles. The molecule has 3 rings (SSSR count). The maximum Gasteiger partial charge on any atom is 0.0950 e. The fourth-order valence-corrected chi connectivity index (χ4v) is 4.03. The lowest BCUT2D eigenvalue weighted by atomic mass is 9.80. The van der Waals surface area contributed by atoms with Crippen LogP contribution in [0.25, 0.3) is 0 Å². The van der Waals surface area contributed by atoms with Gasteiger partial charge in [-0.25, -0.2) is 0 Å². The summed E-state index contributed by atoms with van der Waals surface area (Å²) in [6.07, 6.45) is 7.49. The van der Waals surface area contributed by atoms with E-state index >= 15 is 0 Å².